The van der Waals surface area contributed by atoms with Crippen molar-refractivity contribution in [2.24, 2.45) is 0 Å². The summed E-state index contributed by atoms with van der Waals surface area (Å²) in [4.78, 5) is 14.7. The number of H-pyrrole nitrogens is 1. The summed E-state index contributed by atoms with van der Waals surface area (Å²) in [5.74, 6) is 1.07. The molecule has 0 spiro atoms. The number of aromatic nitrogens is 3. The van der Waals surface area contributed by atoms with E-state index in [9.17, 15) is 0 Å². The second-order valence-corrected chi connectivity index (χ2v) is 5.29. The molecule has 0 aliphatic carbocycles. The molecule has 0 unspecified atom stereocenters. The van der Waals surface area contributed by atoms with E-state index in [2.05, 4.69) is 59.8 Å². The van der Waals surface area contributed by atoms with Crippen molar-refractivity contribution in [1.82, 2.24) is 19.9 Å². The Morgan fingerprint density at radius 2 is 1.95 bits per heavy atom. The molecule has 1 N–H and O–H groups in total. The number of aryl methyl sites for hydroxylation is 3. The maximum absolute atomic E-state index is 4.62. The first kappa shape index (κ1) is 14.7. The van der Waals surface area contributed by atoms with Gasteiger partial charge < -0.3 is 4.98 Å². The third-order valence-electron chi connectivity index (χ3n) is 3.52. The minimum absolute atomic E-state index is 0.845. The van der Waals surface area contributed by atoms with Crippen LogP contribution in [0.4, 0.5) is 0 Å². The number of aromatic amines is 1. The molecule has 2 rings (SSSR count). The zero-order valence-electron chi connectivity index (χ0n) is 12.9. The Bertz CT molecular complexity index is 542. The zero-order valence-corrected chi connectivity index (χ0v) is 12.9. The Morgan fingerprint density at radius 3 is 2.50 bits per heavy atom. The lowest BCUT2D eigenvalue weighted by molar-refractivity contribution is 0.311. The highest BCUT2D eigenvalue weighted by atomic mass is 15.1. The second kappa shape index (κ2) is 6.66. The van der Waals surface area contributed by atoms with Crippen molar-refractivity contribution in [2.45, 2.75) is 46.7 Å². The van der Waals surface area contributed by atoms with Crippen molar-refractivity contribution in [1.29, 1.82) is 0 Å². The van der Waals surface area contributed by atoms with Gasteiger partial charge in [-0.2, -0.15) is 0 Å². The molecule has 2 aromatic heterocycles. The number of hydrogen-bond donors (Lipinski definition) is 1. The topological polar surface area (TPSA) is 44.8 Å². The van der Waals surface area contributed by atoms with E-state index in [4.69, 9.17) is 0 Å². The van der Waals surface area contributed by atoms with Crippen LogP contribution in [0.25, 0.3) is 0 Å². The normalized spacial score (nSPS) is 11.2. The highest BCUT2D eigenvalue weighted by molar-refractivity contribution is 5.15. The Hall–Kier alpha value is -1.68. The summed E-state index contributed by atoms with van der Waals surface area (Å²) in [5.41, 5.74) is 4.69. The van der Waals surface area contributed by atoms with Crippen molar-refractivity contribution in [3.63, 3.8) is 0 Å². The summed E-state index contributed by atoms with van der Waals surface area (Å²) >= 11 is 0. The van der Waals surface area contributed by atoms with E-state index in [1.165, 1.54) is 11.3 Å². The van der Waals surface area contributed by atoms with Crippen LogP contribution in [-0.2, 0) is 25.9 Å². The Kier molecular flexibility index (Phi) is 4.90. The lowest BCUT2D eigenvalue weighted by Gasteiger charge is -2.15. The maximum atomic E-state index is 4.62. The molecule has 0 atom stereocenters. The summed E-state index contributed by atoms with van der Waals surface area (Å²) < 4.78 is 0. The summed E-state index contributed by atoms with van der Waals surface area (Å²) in [6.07, 6.45) is 3.96. The number of nitrogens with one attached hydrogen (secondary N) is 1. The van der Waals surface area contributed by atoms with Crippen molar-refractivity contribution >= 4 is 0 Å². The van der Waals surface area contributed by atoms with Gasteiger partial charge in [-0.1, -0.05) is 19.9 Å². The Morgan fingerprint density at radius 1 is 1.15 bits per heavy atom. The fourth-order valence-electron chi connectivity index (χ4n) is 2.23. The van der Waals surface area contributed by atoms with Crippen LogP contribution in [0.15, 0.2) is 18.3 Å². The minimum Gasteiger partial charge on any atom is -0.346 e. The van der Waals surface area contributed by atoms with Crippen LogP contribution in [0.1, 0.15) is 42.3 Å². The zero-order chi connectivity index (χ0) is 14.5. The molecular weight excluding hydrogens is 248 g/mol. The van der Waals surface area contributed by atoms with Crippen LogP contribution in [0, 0.1) is 6.92 Å². The third-order valence-corrected chi connectivity index (χ3v) is 3.52. The fourth-order valence-corrected chi connectivity index (χ4v) is 2.23. The Labute approximate surface area is 121 Å². The molecule has 0 aromatic carbocycles. The number of rotatable bonds is 6. The quantitative estimate of drug-likeness (QED) is 0.879. The van der Waals surface area contributed by atoms with E-state index < -0.39 is 0 Å². The third kappa shape index (κ3) is 3.67. The van der Waals surface area contributed by atoms with E-state index in [1.807, 2.05) is 6.20 Å². The van der Waals surface area contributed by atoms with Crippen LogP contribution in [0.3, 0.4) is 0 Å². The molecule has 4 nitrogen and oxygen atoms in total. The lowest BCUT2D eigenvalue weighted by Crippen LogP contribution is -2.18. The van der Waals surface area contributed by atoms with Gasteiger partial charge >= 0.3 is 0 Å². The van der Waals surface area contributed by atoms with Gasteiger partial charge in [0, 0.05) is 31.4 Å². The monoisotopic (exact) mass is 272 g/mol. The van der Waals surface area contributed by atoms with E-state index in [0.29, 0.717) is 0 Å². The average molecular weight is 272 g/mol. The predicted octanol–water partition coefficient (Wildman–Crippen LogP) is 2.87. The van der Waals surface area contributed by atoms with Crippen molar-refractivity contribution < 1.29 is 0 Å². The average Bonchev–Trinajstić information content (AvgIpc) is 2.80. The highest BCUT2D eigenvalue weighted by Crippen LogP contribution is 2.10. The smallest absolute Gasteiger partial charge is 0.106 e. The van der Waals surface area contributed by atoms with Crippen molar-refractivity contribution in [3.05, 3.63) is 46.8 Å². The highest BCUT2D eigenvalue weighted by Gasteiger charge is 2.09. The second-order valence-electron chi connectivity index (χ2n) is 5.29. The number of hydrogen-bond acceptors (Lipinski definition) is 3. The van der Waals surface area contributed by atoms with E-state index in [-0.39, 0.29) is 0 Å². The molecule has 0 amide bonds. The van der Waals surface area contributed by atoms with Gasteiger partial charge in [0.25, 0.3) is 0 Å². The van der Waals surface area contributed by atoms with Gasteiger partial charge in [0.15, 0.2) is 0 Å². The molecule has 0 aliphatic rings. The van der Waals surface area contributed by atoms with Crippen LogP contribution in [-0.4, -0.2) is 26.9 Å². The number of pyridine rings is 1. The SMILES string of the molecule is CCc1ccc(CN(C)Cc2nc(CC)[nH]c2C)nc1. The Balaban J connectivity index is 1.97. The first-order valence-electron chi connectivity index (χ1n) is 7.29. The van der Waals surface area contributed by atoms with E-state index >= 15 is 0 Å². The summed E-state index contributed by atoms with van der Waals surface area (Å²) in [6.45, 7) is 8.04. The first-order chi connectivity index (χ1) is 9.62. The van der Waals surface area contributed by atoms with Crippen LogP contribution in [0.5, 0.6) is 0 Å². The minimum atomic E-state index is 0.845. The first-order valence-corrected chi connectivity index (χ1v) is 7.29. The number of imidazole rings is 1. The standard InChI is InChI=1S/C16H24N4/c1-5-13-7-8-14(17-9-13)10-20(4)11-15-12(3)18-16(6-2)19-15/h7-9H,5-6,10-11H2,1-4H3,(H,18,19). The van der Waals surface area contributed by atoms with Gasteiger partial charge in [0.05, 0.1) is 11.4 Å². The van der Waals surface area contributed by atoms with Crippen molar-refractivity contribution in [2.75, 3.05) is 7.05 Å². The molecule has 0 saturated carbocycles. The van der Waals surface area contributed by atoms with E-state index in [1.54, 1.807) is 0 Å². The molecule has 0 fully saturated rings. The molecule has 108 valence electrons. The molecule has 2 aromatic rings. The molecule has 0 bridgehead atoms. The molecule has 4 heteroatoms. The molecule has 20 heavy (non-hydrogen) atoms. The summed E-state index contributed by atoms with van der Waals surface area (Å²) in [6, 6.07) is 4.27. The van der Waals surface area contributed by atoms with Gasteiger partial charge in [0.1, 0.15) is 5.82 Å². The van der Waals surface area contributed by atoms with Gasteiger partial charge in [-0.3, -0.25) is 9.88 Å². The van der Waals surface area contributed by atoms with Crippen LogP contribution < -0.4 is 0 Å². The van der Waals surface area contributed by atoms with Gasteiger partial charge in [-0.15, -0.1) is 0 Å². The molecule has 0 saturated heterocycles. The fraction of sp³-hybridized carbons (Fsp3) is 0.500. The summed E-state index contributed by atoms with van der Waals surface area (Å²) in [7, 11) is 2.11. The molecular formula is C16H24N4. The van der Waals surface area contributed by atoms with Crippen LogP contribution in [0.2, 0.25) is 0 Å². The molecule has 2 heterocycles. The molecule has 0 aliphatic heterocycles. The van der Waals surface area contributed by atoms with Crippen LogP contribution >= 0.6 is 0 Å². The number of nitrogens with zero attached hydrogens (tertiary/aromatic N) is 3. The predicted molar refractivity (Wildman–Crippen MR) is 81.5 cm³/mol. The summed E-state index contributed by atoms with van der Waals surface area (Å²) in [5, 5.41) is 0. The van der Waals surface area contributed by atoms with Gasteiger partial charge in [0.2, 0.25) is 0 Å². The van der Waals surface area contributed by atoms with Gasteiger partial charge in [-0.05, 0) is 32.0 Å². The molecule has 0 radical (unpaired) electrons. The maximum Gasteiger partial charge on any atom is 0.106 e. The van der Waals surface area contributed by atoms with Crippen molar-refractivity contribution in [3.8, 4) is 0 Å². The van der Waals surface area contributed by atoms with E-state index in [0.717, 1.165) is 43.1 Å². The van der Waals surface area contributed by atoms with Gasteiger partial charge in [-0.25, -0.2) is 4.98 Å². The largest absolute Gasteiger partial charge is 0.346 e. The lowest BCUT2D eigenvalue weighted by atomic mass is 10.2.